The number of benzene rings is 2. The summed E-state index contributed by atoms with van der Waals surface area (Å²) in [6.45, 7) is 8.53. The Morgan fingerprint density at radius 1 is 1.28 bits per heavy atom. The standard InChI is InChI=1S/C29H29N5O2/c1-18(2)36-25-9-6-8-20-26(25)24-14-22(32-28(20)35)27-31-21-11-10-19(13-23(21)34(24)27)7-4-5-12-33-16-29(3,15-30)17-33/h6,8-11,13,18,22,24H,5,12,14,16-17H2,1-3H3,(H,32,35)/t22-,24-/m1/s1. The predicted octanol–water partition coefficient (Wildman–Crippen LogP) is 4.19. The number of carbonyl (C=O) groups excluding carboxylic acids is 1. The molecule has 1 saturated heterocycles. The van der Waals surface area contributed by atoms with Crippen LogP contribution >= 0.6 is 0 Å². The van der Waals surface area contributed by atoms with Crippen molar-refractivity contribution < 1.29 is 9.53 Å². The highest BCUT2D eigenvalue weighted by atomic mass is 16.5. The highest BCUT2D eigenvalue weighted by Gasteiger charge is 2.42. The molecule has 0 spiro atoms. The van der Waals surface area contributed by atoms with Gasteiger partial charge in [0.05, 0.1) is 40.7 Å². The summed E-state index contributed by atoms with van der Waals surface area (Å²) in [6.07, 6.45) is 1.53. The van der Waals surface area contributed by atoms with Gasteiger partial charge in [-0.3, -0.25) is 9.69 Å². The summed E-state index contributed by atoms with van der Waals surface area (Å²) in [6, 6.07) is 14.1. The van der Waals surface area contributed by atoms with Crippen molar-refractivity contribution in [3.8, 4) is 23.7 Å². The molecule has 182 valence electrons. The van der Waals surface area contributed by atoms with E-state index in [0.717, 1.165) is 66.2 Å². The zero-order valence-electron chi connectivity index (χ0n) is 20.8. The first-order chi connectivity index (χ1) is 17.3. The molecule has 4 heterocycles. The normalized spacial score (nSPS) is 21.5. The largest absolute Gasteiger partial charge is 0.491 e. The molecular formula is C29H29N5O2. The Kier molecular flexibility index (Phi) is 5.28. The van der Waals surface area contributed by atoms with Gasteiger partial charge in [-0.2, -0.15) is 5.26 Å². The number of amides is 1. The van der Waals surface area contributed by atoms with Gasteiger partial charge < -0.3 is 14.6 Å². The molecule has 2 aromatic carbocycles. The van der Waals surface area contributed by atoms with E-state index in [1.54, 1.807) is 0 Å². The Bertz CT molecular complexity index is 1480. The minimum absolute atomic E-state index is 0.00537. The Morgan fingerprint density at radius 2 is 2.11 bits per heavy atom. The van der Waals surface area contributed by atoms with Crippen molar-refractivity contribution in [2.45, 2.75) is 51.8 Å². The van der Waals surface area contributed by atoms with E-state index in [-0.39, 0.29) is 29.5 Å². The summed E-state index contributed by atoms with van der Waals surface area (Å²) in [7, 11) is 0. The Balaban J connectivity index is 1.32. The van der Waals surface area contributed by atoms with Gasteiger partial charge in [-0.1, -0.05) is 17.9 Å². The van der Waals surface area contributed by atoms with Crippen LogP contribution in [0.3, 0.4) is 0 Å². The van der Waals surface area contributed by atoms with Gasteiger partial charge in [-0.05, 0) is 57.5 Å². The lowest BCUT2D eigenvalue weighted by atomic mass is 9.84. The number of rotatable bonds is 4. The van der Waals surface area contributed by atoms with Gasteiger partial charge in [0.15, 0.2) is 0 Å². The molecule has 1 N–H and O–H groups in total. The van der Waals surface area contributed by atoms with Crippen LogP contribution in [0.25, 0.3) is 11.0 Å². The topological polar surface area (TPSA) is 83.2 Å². The smallest absolute Gasteiger partial charge is 0.252 e. The van der Waals surface area contributed by atoms with Gasteiger partial charge in [0, 0.05) is 42.7 Å². The van der Waals surface area contributed by atoms with E-state index in [0.29, 0.717) is 5.56 Å². The zero-order valence-corrected chi connectivity index (χ0v) is 20.8. The molecule has 3 aliphatic heterocycles. The molecule has 7 nitrogen and oxygen atoms in total. The van der Waals surface area contributed by atoms with Crippen LogP contribution in [-0.2, 0) is 0 Å². The molecule has 1 amide bonds. The zero-order chi connectivity index (χ0) is 25.0. The van der Waals surface area contributed by atoms with Crippen molar-refractivity contribution in [2.75, 3.05) is 19.6 Å². The molecular weight excluding hydrogens is 450 g/mol. The van der Waals surface area contributed by atoms with Gasteiger partial charge in [-0.15, -0.1) is 0 Å². The van der Waals surface area contributed by atoms with Gasteiger partial charge in [0.2, 0.25) is 0 Å². The summed E-state index contributed by atoms with van der Waals surface area (Å²) >= 11 is 0. The number of nitrogens with one attached hydrogen (secondary N) is 1. The lowest BCUT2D eigenvalue weighted by Crippen LogP contribution is -2.53. The van der Waals surface area contributed by atoms with Crippen molar-refractivity contribution in [1.82, 2.24) is 19.8 Å². The number of imidazole rings is 1. The summed E-state index contributed by atoms with van der Waals surface area (Å²) in [5.74, 6) is 8.18. The number of likely N-dealkylation sites (tertiary alicyclic amines) is 1. The van der Waals surface area contributed by atoms with Gasteiger partial charge >= 0.3 is 0 Å². The minimum atomic E-state index is -0.198. The van der Waals surface area contributed by atoms with Gasteiger partial charge in [0.25, 0.3) is 5.91 Å². The second kappa shape index (κ2) is 8.40. The van der Waals surface area contributed by atoms with E-state index in [4.69, 9.17) is 9.72 Å². The number of nitrogens with zero attached hydrogens (tertiary/aromatic N) is 4. The first-order valence-electron chi connectivity index (χ1n) is 12.6. The molecule has 1 fully saturated rings. The first-order valence-corrected chi connectivity index (χ1v) is 12.6. The van der Waals surface area contributed by atoms with E-state index in [9.17, 15) is 10.1 Å². The van der Waals surface area contributed by atoms with E-state index >= 15 is 0 Å². The first kappa shape index (κ1) is 22.6. The molecule has 7 heteroatoms. The molecule has 3 aliphatic rings. The van der Waals surface area contributed by atoms with Crippen LogP contribution in [0.5, 0.6) is 5.75 Å². The van der Waals surface area contributed by atoms with Crippen molar-refractivity contribution in [2.24, 2.45) is 5.41 Å². The van der Waals surface area contributed by atoms with Crippen LogP contribution in [0.1, 0.15) is 73.0 Å². The summed E-state index contributed by atoms with van der Waals surface area (Å²) in [5, 5.41) is 12.4. The van der Waals surface area contributed by atoms with Crippen LogP contribution in [0.4, 0.5) is 0 Å². The second-order valence-corrected chi connectivity index (χ2v) is 10.6. The van der Waals surface area contributed by atoms with Crippen LogP contribution in [0, 0.1) is 28.6 Å². The fourth-order valence-electron chi connectivity index (χ4n) is 5.79. The van der Waals surface area contributed by atoms with Gasteiger partial charge in [0.1, 0.15) is 11.6 Å². The highest BCUT2D eigenvalue weighted by molar-refractivity contribution is 5.98. The Labute approximate surface area is 211 Å². The monoisotopic (exact) mass is 479 g/mol. The average Bonchev–Trinajstić information content (AvgIpc) is 3.32. The van der Waals surface area contributed by atoms with Crippen LogP contribution in [0.15, 0.2) is 36.4 Å². The third-order valence-corrected chi connectivity index (χ3v) is 7.31. The number of hydrogen-bond donors (Lipinski definition) is 1. The molecule has 36 heavy (non-hydrogen) atoms. The molecule has 6 rings (SSSR count). The third-order valence-electron chi connectivity index (χ3n) is 7.31. The molecule has 0 radical (unpaired) electrons. The van der Waals surface area contributed by atoms with E-state index < -0.39 is 0 Å². The molecule has 0 unspecified atom stereocenters. The van der Waals surface area contributed by atoms with Crippen molar-refractivity contribution in [3.63, 3.8) is 0 Å². The number of fused-ring (bicyclic) bond motifs is 9. The van der Waals surface area contributed by atoms with Crippen LogP contribution < -0.4 is 10.1 Å². The van der Waals surface area contributed by atoms with E-state index in [2.05, 4.69) is 38.8 Å². The van der Waals surface area contributed by atoms with Gasteiger partial charge in [-0.25, -0.2) is 4.98 Å². The van der Waals surface area contributed by atoms with Crippen molar-refractivity contribution in [1.29, 1.82) is 5.26 Å². The summed E-state index contributed by atoms with van der Waals surface area (Å²) < 4.78 is 8.42. The Morgan fingerprint density at radius 3 is 2.89 bits per heavy atom. The Hall–Kier alpha value is -3.81. The maximum atomic E-state index is 13.0. The van der Waals surface area contributed by atoms with E-state index in [1.807, 2.05) is 51.1 Å². The number of hydrogen-bond acceptors (Lipinski definition) is 5. The number of aromatic nitrogens is 2. The fraction of sp³-hybridized carbons (Fsp3) is 0.414. The number of carbonyl (C=O) groups is 1. The minimum Gasteiger partial charge on any atom is -0.491 e. The molecule has 2 atom stereocenters. The third kappa shape index (κ3) is 3.72. The number of nitriles is 1. The molecule has 0 saturated carbocycles. The van der Waals surface area contributed by atoms with Crippen LogP contribution in [-0.4, -0.2) is 46.1 Å². The predicted molar refractivity (Wildman–Crippen MR) is 137 cm³/mol. The van der Waals surface area contributed by atoms with Crippen molar-refractivity contribution in [3.05, 3.63) is 58.9 Å². The SMILES string of the molecule is CC(C)Oc1cccc2c1[C@H]1C[C@@H](NC2=O)c2nc3ccc(C#CCCN4CC(C)(C#N)C4)cc3n21. The number of ether oxygens (including phenoxy) is 1. The van der Waals surface area contributed by atoms with Crippen LogP contribution in [0.2, 0.25) is 0 Å². The molecule has 2 bridgehead atoms. The summed E-state index contributed by atoms with van der Waals surface area (Å²) in [4.78, 5) is 20.2. The summed E-state index contributed by atoms with van der Waals surface area (Å²) in [5.41, 5.74) is 4.28. The van der Waals surface area contributed by atoms with Crippen molar-refractivity contribution >= 4 is 16.9 Å². The molecule has 0 aliphatic carbocycles. The van der Waals surface area contributed by atoms with E-state index in [1.165, 1.54) is 0 Å². The second-order valence-electron chi connectivity index (χ2n) is 10.6. The molecule has 1 aromatic heterocycles. The quantitative estimate of drug-likeness (QED) is 0.568. The lowest BCUT2D eigenvalue weighted by Gasteiger charge is -2.43. The lowest BCUT2D eigenvalue weighted by molar-refractivity contribution is 0.0631. The maximum Gasteiger partial charge on any atom is 0.252 e. The maximum absolute atomic E-state index is 13.0. The molecule has 3 aromatic rings. The fourth-order valence-corrected chi connectivity index (χ4v) is 5.79. The highest BCUT2D eigenvalue weighted by Crippen LogP contribution is 2.47. The average molecular weight is 480 g/mol.